The van der Waals surface area contributed by atoms with Crippen molar-refractivity contribution in [2.24, 2.45) is 0 Å². The van der Waals surface area contributed by atoms with Crippen LogP contribution in [0.4, 0.5) is 5.00 Å². The van der Waals surface area contributed by atoms with E-state index in [4.69, 9.17) is 0 Å². The summed E-state index contributed by atoms with van der Waals surface area (Å²) in [5, 5.41) is 15.0. The highest BCUT2D eigenvalue weighted by atomic mass is 32.1. The number of hydrogen-bond acceptors (Lipinski definition) is 4. The Morgan fingerprint density at radius 1 is 1.05 bits per heavy atom. The summed E-state index contributed by atoms with van der Waals surface area (Å²) in [6, 6.07) is 17.9. The maximum atomic E-state index is 9.57. The van der Waals surface area contributed by atoms with Gasteiger partial charge in [-0.15, -0.1) is 0 Å². The predicted molar refractivity (Wildman–Crippen MR) is 79.5 cm³/mol. The molecular formula is C15H14N2OS. The lowest BCUT2D eigenvalue weighted by Gasteiger charge is -2.16. The summed E-state index contributed by atoms with van der Waals surface area (Å²) >= 11 is 1.43. The molecule has 0 saturated carbocycles. The van der Waals surface area contributed by atoms with Crippen LogP contribution in [0.25, 0.3) is 10.9 Å². The first-order chi connectivity index (χ1) is 9.38. The molecule has 0 amide bonds. The average Bonchev–Trinajstić information content (AvgIpc) is 2.89. The van der Waals surface area contributed by atoms with Gasteiger partial charge in [0.15, 0.2) is 0 Å². The topological polar surface area (TPSA) is 45.1 Å². The zero-order valence-corrected chi connectivity index (χ0v) is 11.1. The zero-order valence-electron chi connectivity index (χ0n) is 10.3. The van der Waals surface area contributed by atoms with Gasteiger partial charge in [-0.2, -0.15) is 4.37 Å². The Bertz CT molecular complexity index is 666. The van der Waals surface area contributed by atoms with E-state index in [0.29, 0.717) is 0 Å². The highest BCUT2D eigenvalue weighted by Crippen LogP contribution is 2.30. The third kappa shape index (κ3) is 2.45. The molecule has 3 nitrogen and oxygen atoms in total. The molecule has 1 atom stereocenters. The van der Waals surface area contributed by atoms with Gasteiger partial charge in [0.2, 0.25) is 0 Å². The van der Waals surface area contributed by atoms with Gasteiger partial charge in [-0.05, 0) is 29.2 Å². The van der Waals surface area contributed by atoms with Gasteiger partial charge in [0.25, 0.3) is 0 Å². The minimum absolute atomic E-state index is 0.0518. The van der Waals surface area contributed by atoms with Gasteiger partial charge >= 0.3 is 0 Å². The first-order valence-corrected chi connectivity index (χ1v) is 6.92. The van der Waals surface area contributed by atoms with Gasteiger partial charge in [-0.1, -0.05) is 42.5 Å². The monoisotopic (exact) mass is 270 g/mol. The number of aromatic nitrogens is 1. The van der Waals surface area contributed by atoms with Gasteiger partial charge in [0.05, 0.1) is 18.2 Å². The van der Waals surface area contributed by atoms with Crippen LogP contribution in [0.2, 0.25) is 0 Å². The molecule has 0 aliphatic heterocycles. The van der Waals surface area contributed by atoms with E-state index >= 15 is 0 Å². The van der Waals surface area contributed by atoms with Crippen LogP contribution in [0.1, 0.15) is 11.6 Å². The lowest BCUT2D eigenvalue weighted by atomic mass is 10.1. The lowest BCUT2D eigenvalue weighted by molar-refractivity contribution is 0.276. The predicted octanol–water partition coefficient (Wildman–Crippen LogP) is 3.44. The normalized spacial score (nSPS) is 12.5. The Morgan fingerprint density at radius 2 is 1.79 bits per heavy atom. The molecule has 3 aromatic rings. The lowest BCUT2D eigenvalue weighted by Crippen LogP contribution is -2.14. The van der Waals surface area contributed by atoms with Crippen molar-refractivity contribution in [3.05, 3.63) is 60.2 Å². The molecule has 96 valence electrons. The number of anilines is 1. The Balaban J connectivity index is 1.91. The van der Waals surface area contributed by atoms with Crippen LogP contribution in [0, 0.1) is 0 Å². The number of benzene rings is 2. The zero-order chi connectivity index (χ0) is 13.1. The summed E-state index contributed by atoms with van der Waals surface area (Å²) in [5.74, 6) is 0. The van der Waals surface area contributed by atoms with E-state index in [-0.39, 0.29) is 12.6 Å². The van der Waals surface area contributed by atoms with E-state index in [2.05, 4.69) is 9.69 Å². The number of fused-ring (bicyclic) bond motifs is 1. The second kappa shape index (κ2) is 5.38. The van der Waals surface area contributed by atoms with Crippen LogP contribution in [-0.2, 0) is 0 Å². The second-order valence-corrected chi connectivity index (χ2v) is 5.09. The quantitative estimate of drug-likeness (QED) is 0.763. The van der Waals surface area contributed by atoms with E-state index in [9.17, 15) is 5.11 Å². The average molecular weight is 270 g/mol. The van der Waals surface area contributed by atoms with Gasteiger partial charge in [-0.3, -0.25) is 0 Å². The molecular weight excluding hydrogens is 256 g/mol. The van der Waals surface area contributed by atoms with Crippen LogP contribution in [0.3, 0.4) is 0 Å². The molecule has 2 aromatic carbocycles. The summed E-state index contributed by atoms with van der Waals surface area (Å²) in [5.41, 5.74) is 2.06. The molecule has 0 radical (unpaired) electrons. The number of nitrogens with zero attached hydrogens (tertiary/aromatic N) is 1. The molecule has 19 heavy (non-hydrogen) atoms. The second-order valence-electron chi connectivity index (χ2n) is 4.32. The van der Waals surface area contributed by atoms with Crippen LogP contribution < -0.4 is 5.32 Å². The van der Waals surface area contributed by atoms with Crippen LogP contribution >= 0.6 is 11.5 Å². The van der Waals surface area contributed by atoms with E-state index in [0.717, 1.165) is 21.5 Å². The van der Waals surface area contributed by atoms with Crippen LogP contribution in [-0.4, -0.2) is 16.1 Å². The van der Waals surface area contributed by atoms with Gasteiger partial charge in [0, 0.05) is 5.39 Å². The third-order valence-electron chi connectivity index (χ3n) is 3.07. The van der Waals surface area contributed by atoms with Crippen molar-refractivity contribution in [1.29, 1.82) is 0 Å². The third-order valence-corrected chi connectivity index (χ3v) is 3.88. The fourth-order valence-corrected chi connectivity index (χ4v) is 2.89. The maximum Gasteiger partial charge on any atom is 0.117 e. The van der Waals surface area contributed by atoms with E-state index in [1.807, 2.05) is 54.6 Å². The molecule has 1 heterocycles. The van der Waals surface area contributed by atoms with Crippen molar-refractivity contribution < 1.29 is 5.11 Å². The van der Waals surface area contributed by atoms with Crippen molar-refractivity contribution in [3.63, 3.8) is 0 Å². The summed E-state index contributed by atoms with van der Waals surface area (Å²) in [4.78, 5) is 0. The Kier molecular flexibility index (Phi) is 3.44. The molecule has 2 N–H and O–H groups in total. The number of rotatable bonds is 4. The number of nitrogens with one attached hydrogen (secondary N) is 1. The smallest absolute Gasteiger partial charge is 0.117 e. The van der Waals surface area contributed by atoms with Crippen LogP contribution in [0.5, 0.6) is 0 Å². The summed E-state index contributed by atoms with van der Waals surface area (Å²) in [6.45, 7) is 0.0518. The Morgan fingerprint density at radius 3 is 2.58 bits per heavy atom. The minimum Gasteiger partial charge on any atom is -0.394 e. The fraction of sp³-hybridized carbons (Fsp3) is 0.133. The SMILES string of the molecule is OCC(Nc1snc2ccccc12)c1ccccc1. The molecule has 0 aliphatic carbocycles. The Hall–Kier alpha value is -1.91. The van der Waals surface area contributed by atoms with E-state index < -0.39 is 0 Å². The molecule has 0 saturated heterocycles. The molecule has 1 unspecified atom stereocenters. The largest absolute Gasteiger partial charge is 0.394 e. The van der Waals surface area contributed by atoms with Crippen molar-refractivity contribution >= 4 is 27.4 Å². The van der Waals surface area contributed by atoms with Crippen molar-refractivity contribution in [3.8, 4) is 0 Å². The van der Waals surface area contributed by atoms with Crippen molar-refractivity contribution in [2.75, 3.05) is 11.9 Å². The van der Waals surface area contributed by atoms with Gasteiger partial charge in [0.1, 0.15) is 5.00 Å². The molecule has 0 spiro atoms. The van der Waals surface area contributed by atoms with Gasteiger partial charge in [-0.25, -0.2) is 0 Å². The summed E-state index contributed by atoms with van der Waals surface area (Å²) < 4.78 is 4.40. The first kappa shape index (κ1) is 12.1. The Labute approximate surface area is 115 Å². The fourth-order valence-electron chi connectivity index (χ4n) is 2.07. The standard InChI is InChI=1S/C15H14N2OS/c18-10-14(11-6-2-1-3-7-11)16-15-12-8-4-5-9-13(12)17-19-15/h1-9,14,16,18H,10H2. The maximum absolute atomic E-state index is 9.57. The van der Waals surface area contributed by atoms with Crippen molar-refractivity contribution in [2.45, 2.75) is 6.04 Å². The molecule has 3 rings (SSSR count). The first-order valence-electron chi connectivity index (χ1n) is 6.15. The highest BCUT2D eigenvalue weighted by molar-refractivity contribution is 7.11. The number of aliphatic hydroxyl groups excluding tert-OH is 1. The molecule has 1 aromatic heterocycles. The minimum atomic E-state index is -0.106. The number of hydrogen-bond donors (Lipinski definition) is 2. The van der Waals surface area contributed by atoms with E-state index in [1.165, 1.54) is 11.5 Å². The molecule has 0 aliphatic rings. The molecule has 4 heteroatoms. The highest BCUT2D eigenvalue weighted by Gasteiger charge is 2.13. The summed E-state index contributed by atoms with van der Waals surface area (Å²) in [7, 11) is 0. The molecule has 0 bridgehead atoms. The summed E-state index contributed by atoms with van der Waals surface area (Å²) in [6.07, 6.45) is 0. The van der Waals surface area contributed by atoms with Crippen LogP contribution in [0.15, 0.2) is 54.6 Å². The molecule has 0 fully saturated rings. The van der Waals surface area contributed by atoms with Crippen molar-refractivity contribution in [1.82, 2.24) is 4.37 Å². The van der Waals surface area contributed by atoms with E-state index in [1.54, 1.807) is 0 Å². The number of aliphatic hydroxyl groups is 1. The van der Waals surface area contributed by atoms with Gasteiger partial charge < -0.3 is 10.4 Å².